The summed E-state index contributed by atoms with van der Waals surface area (Å²) in [5, 5.41) is 3.12. The van der Waals surface area contributed by atoms with Gasteiger partial charge in [-0.1, -0.05) is 0 Å². The maximum atomic E-state index is 10.6. The molecular formula is C7H14N2O2. The van der Waals surface area contributed by atoms with E-state index in [-0.39, 0.29) is 12.1 Å². The predicted octanol–water partition coefficient (Wildman–Crippen LogP) is -0.904. The predicted molar refractivity (Wildman–Crippen MR) is 41.0 cm³/mol. The number of rotatable bonds is 2. The minimum Gasteiger partial charge on any atom is -0.461 e. The monoisotopic (exact) mass is 158 g/mol. The van der Waals surface area contributed by atoms with Crippen LogP contribution >= 0.6 is 0 Å². The first-order valence-electron chi connectivity index (χ1n) is 3.82. The third-order valence-electron chi connectivity index (χ3n) is 1.90. The van der Waals surface area contributed by atoms with Crippen LogP contribution in [0.25, 0.3) is 0 Å². The molecule has 0 unspecified atom stereocenters. The molecule has 0 spiro atoms. The minimum absolute atomic E-state index is 0.0162. The van der Waals surface area contributed by atoms with Crippen molar-refractivity contribution in [3.63, 3.8) is 0 Å². The summed E-state index contributed by atoms with van der Waals surface area (Å²) in [5.74, 6) is 0.0658. The summed E-state index contributed by atoms with van der Waals surface area (Å²) >= 11 is 0. The zero-order chi connectivity index (χ0) is 8.27. The van der Waals surface area contributed by atoms with Crippen LogP contribution in [0.4, 0.5) is 0 Å². The van der Waals surface area contributed by atoms with Crippen LogP contribution in [0.15, 0.2) is 0 Å². The highest BCUT2D eigenvalue weighted by atomic mass is 16.5. The summed E-state index contributed by atoms with van der Waals surface area (Å²) in [7, 11) is 0. The van der Waals surface area contributed by atoms with Crippen molar-refractivity contribution in [3.8, 4) is 0 Å². The molecule has 0 saturated carbocycles. The molecule has 0 aromatic rings. The van der Waals surface area contributed by atoms with E-state index in [2.05, 4.69) is 5.32 Å². The van der Waals surface area contributed by atoms with Crippen molar-refractivity contribution >= 4 is 5.97 Å². The topological polar surface area (TPSA) is 64.3 Å². The fourth-order valence-corrected chi connectivity index (χ4v) is 1.30. The van der Waals surface area contributed by atoms with Gasteiger partial charge in [-0.05, 0) is 6.54 Å². The Kier molecular flexibility index (Phi) is 2.84. The molecule has 1 heterocycles. The van der Waals surface area contributed by atoms with Gasteiger partial charge >= 0.3 is 5.97 Å². The second kappa shape index (κ2) is 3.69. The Morgan fingerprint density at radius 1 is 1.73 bits per heavy atom. The summed E-state index contributed by atoms with van der Waals surface area (Å²) in [6, 6.07) is 0. The van der Waals surface area contributed by atoms with Gasteiger partial charge < -0.3 is 15.8 Å². The van der Waals surface area contributed by atoms with Crippen molar-refractivity contribution in [2.45, 2.75) is 13.0 Å². The van der Waals surface area contributed by atoms with Crippen molar-refractivity contribution in [2.75, 3.05) is 19.6 Å². The summed E-state index contributed by atoms with van der Waals surface area (Å²) < 4.78 is 5.03. The van der Waals surface area contributed by atoms with Gasteiger partial charge in [-0.25, -0.2) is 0 Å². The van der Waals surface area contributed by atoms with Gasteiger partial charge in [0.05, 0.1) is 0 Å². The Balaban J connectivity index is 2.37. The van der Waals surface area contributed by atoms with E-state index in [1.165, 1.54) is 6.92 Å². The molecule has 4 nitrogen and oxygen atoms in total. The molecule has 1 aliphatic rings. The largest absolute Gasteiger partial charge is 0.461 e. The van der Waals surface area contributed by atoms with Crippen molar-refractivity contribution < 1.29 is 9.53 Å². The Morgan fingerprint density at radius 3 is 3.00 bits per heavy atom. The maximum Gasteiger partial charge on any atom is 0.302 e. The molecule has 0 aromatic carbocycles. The van der Waals surface area contributed by atoms with E-state index in [1.54, 1.807) is 0 Å². The van der Waals surface area contributed by atoms with E-state index >= 15 is 0 Å². The molecule has 0 bridgehead atoms. The summed E-state index contributed by atoms with van der Waals surface area (Å²) in [6.45, 7) is 3.59. The Bertz CT molecular complexity index is 149. The molecule has 1 aliphatic heterocycles. The van der Waals surface area contributed by atoms with Crippen LogP contribution in [0.1, 0.15) is 6.92 Å². The van der Waals surface area contributed by atoms with Crippen molar-refractivity contribution in [3.05, 3.63) is 0 Å². The first-order valence-corrected chi connectivity index (χ1v) is 3.82. The quantitative estimate of drug-likeness (QED) is 0.511. The molecule has 1 fully saturated rings. The molecule has 3 N–H and O–H groups in total. The highest BCUT2D eigenvalue weighted by molar-refractivity contribution is 5.66. The van der Waals surface area contributed by atoms with Gasteiger partial charge in [-0.3, -0.25) is 4.79 Å². The lowest BCUT2D eigenvalue weighted by Crippen LogP contribution is -2.30. The first-order chi connectivity index (χ1) is 5.24. The normalized spacial score (nSPS) is 30.4. The van der Waals surface area contributed by atoms with Crippen LogP contribution in [0.5, 0.6) is 0 Å². The number of hydrogen-bond donors (Lipinski definition) is 2. The van der Waals surface area contributed by atoms with Crippen LogP contribution in [0, 0.1) is 5.92 Å². The van der Waals surface area contributed by atoms with E-state index < -0.39 is 0 Å². The number of nitrogens with two attached hydrogens (primary N) is 1. The first kappa shape index (κ1) is 8.49. The molecular weight excluding hydrogens is 144 g/mol. The lowest BCUT2D eigenvalue weighted by atomic mass is 10.1. The van der Waals surface area contributed by atoms with Gasteiger partial charge in [0.1, 0.15) is 6.10 Å². The fraction of sp³-hybridized carbons (Fsp3) is 0.857. The Labute approximate surface area is 66.1 Å². The van der Waals surface area contributed by atoms with Crippen molar-refractivity contribution in [2.24, 2.45) is 11.7 Å². The molecule has 0 aliphatic carbocycles. The summed E-state index contributed by atoms with van der Waals surface area (Å²) in [5.41, 5.74) is 5.47. The molecule has 0 radical (unpaired) electrons. The summed E-state index contributed by atoms with van der Waals surface area (Å²) in [6.07, 6.45) is -0.0162. The zero-order valence-electron chi connectivity index (χ0n) is 6.67. The number of hydrogen-bond acceptors (Lipinski definition) is 4. The third kappa shape index (κ3) is 2.17. The molecule has 1 rings (SSSR count). The molecule has 64 valence electrons. The smallest absolute Gasteiger partial charge is 0.302 e. The van der Waals surface area contributed by atoms with Crippen LogP contribution in [0.3, 0.4) is 0 Å². The van der Waals surface area contributed by atoms with E-state index in [0.29, 0.717) is 12.5 Å². The van der Waals surface area contributed by atoms with E-state index in [9.17, 15) is 4.79 Å². The fourth-order valence-electron chi connectivity index (χ4n) is 1.30. The van der Waals surface area contributed by atoms with Gasteiger partial charge in [-0.15, -0.1) is 0 Å². The highest BCUT2D eigenvalue weighted by Gasteiger charge is 2.27. The number of carbonyl (C=O) groups excluding carboxylic acids is 1. The highest BCUT2D eigenvalue weighted by Crippen LogP contribution is 2.10. The van der Waals surface area contributed by atoms with Crippen LogP contribution < -0.4 is 11.1 Å². The van der Waals surface area contributed by atoms with Gasteiger partial charge in [-0.2, -0.15) is 0 Å². The molecule has 1 saturated heterocycles. The third-order valence-corrected chi connectivity index (χ3v) is 1.90. The Morgan fingerprint density at radius 2 is 2.45 bits per heavy atom. The average molecular weight is 158 g/mol. The molecule has 11 heavy (non-hydrogen) atoms. The lowest BCUT2D eigenvalue weighted by Gasteiger charge is -2.15. The van der Waals surface area contributed by atoms with Crippen LogP contribution in [-0.4, -0.2) is 31.7 Å². The number of esters is 1. The van der Waals surface area contributed by atoms with E-state index in [0.717, 1.165) is 13.1 Å². The van der Waals surface area contributed by atoms with Gasteiger partial charge in [0.15, 0.2) is 0 Å². The molecule has 2 atom stereocenters. The number of nitrogens with one attached hydrogen (secondary N) is 1. The van der Waals surface area contributed by atoms with E-state index in [1.807, 2.05) is 0 Å². The van der Waals surface area contributed by atoms with Gasteiger partial charge in [0.25, 0.3) is 0 Å². The van der Waals surface area contributed by atoms with Crippen molar-refractivity contribution in [1.82, 2.24) is 5.32 Å². The Hall–Kier alpha value is -0.610. The number of ether oxygens (including phenoxy) is 1. The second-order valence-electron chi connectivity index (χ2n) is 2.80. The van der Waals surface area contributed by atoms with Crippen molar-refractivity contribution in [1.29, 1.82) is 0 Å². The van der Waals surface area contributed by atoms with Gasteiger partial charge in [0.2, 0.25) is 0 Å². The van der Waals surface area contributed by atoms with Gasteiger partial charge in [0, 0.05) is 25.9 Å². The van der Waals surface area contributed by atoms with E-state index in [4.69, 9.17) is 10.5 Å². The summed E-state index contributed by atoms with van der Waals surface area (Å²) in [4.78, 5) is 10.6. The molecule has 0 amide bonds. The molecule has 0 aromatic heterocycles. The van der Waals surface area contributed by atoms with Crippen LogP contribution in [0.2, 0.25) is 0 Å². The SMILES string of the molecule is CC(=O)O[C@@H]1CNC[C@H]1CN. The number of carbonyl (C=O) groups is 1. The maximum absolute atomic E-state index is 10.6. The average Bonchev–Trinajstić information content (AvgIpc) is 2.34. The standard InChI is InChI=1S/C7H14N2O2/c1-5(10)11-7-4-9-3-6(7)2-8/h6-7,9H,2-4,8H2,1H3/t6-,7-/m1/s1. The zero-order valence-corrected chi connectivity index (χ0v) is 6.67. The molecule has 4 heteroatoms. The lowest BCUT2D eigenvalue weighted by molar-refractivity contribution is -0.147. The minimum atomic E-state index is -0.225. The second-order valence-corrected chi connectivity index (χ2v) is 2.80. The van der Waals surface area contributed by atoms with Crippen LogP contribution in [-0.2, 0) is 9.53 Å².